The lowest BCUT2D eigenvalue weighted by atomic mass is 10.3. The molecule has 0 aromatic heterocycles. The Kier molecular flexibility index (Phi) is 7.48. The smallest absolute Gasteiger partial charge is 0.220 e. The van der Waals surface area contributed by atoms with Gasteiger partial charge < -0.3 is 14.8 Å². The Morgan fingerprint density at radius 3 is 2.62 bits per heavy atom. The number of hydrogen-bond donors (Lipinski definition) is 1. The van der Waals surface area contributed by atoms with Crippen LogP contribution in [0.2, 0.25) is 0 Å². The SMILES string of the molecule is O=C(CCCOc1ccccc1)NCCS(=O)(=O)N1CCOCC1. The Morgan fingerprint density at radius 2 is 1.92 bits per heavy atom. The summed E-state index contributed by atoms with van der Waals surface area (Å²) < 4.78 is 36.2. The Labute approximate surface area is 143 Å². The van der Waals surface area contributed by atoms with Crippen molar-refractivity contribution in [1.82, 2.24) is 9.62 Å². The molecule has 0 radical (unpaired) electrons. The highest BCUT2D eigenvalue weighted by Gasteiger charge is 2.23. The number of rotatable bonds is 9. The number of morpholine rings is 1. The first-order valence-corrected chi connectivity index (χ1v) is 9.69. The summed E-state index contributed by atoms with van der Waals surface area (Å²) in [5.74, 6) is 0.526. The predicted molar refractivity (Wildman–Crippen MR) is 90.4 cm³/mol. The summed E-state index contributed by atoms with van der Waals surface area (Å²) in [6.45, 7) is 2.18. The van der Waals surface area contributed by atoms with Crippen molar-refractivity contribution in [2.24, 2.45) is 0 Å². The Hall–Kier alpha value is -1.64. The molecule has 0 aliphatic carbocycles. The van der Waals surface area contributed by atoms with E-state index in [-0.39, 0.29) is 18.2 Å². The normalized spacial score (nSPS) is 15.8. The van der Waals surface area contributed by atoms with Gasteiger partial charge in [-0.05, 0) is 18.6 Å². The summed E-state index contributed by atoms with van der Waals surface area (Å²) in [6.07, 6.45) is 0.890. The monoisotopic (exact) mass is 356 g/mol. The van der Waals surface area contributed by atoms with E-state index in [0.717, 1.165) is 5.75 Å². The zero-order valence-corrected chi connectivity index (χ0v) is 14.5. The van der Waals surface area contributed by atoms with Crippen molar-refractivity contribution in [3.63, 3.8) is 0 Å². The first-order valence-electron chi connectivity index (χ1n) is 8.08. The molecule has 1 aliphatic heterocycles. The van der Waals surface area contributed by atoms with E-state index in [9.17, 15) is 13.2 Å². The van der Waals surface area contributed by atoms with Crippen molar-refractivity contribution < 1.29 is 22.7 Å². The summed E-state index contributed by atoms with van der Waals surface area (Å²) in [7, 11) is -3.33. The number of nitrogens with one attached hydrogen (secondary N) is 1. The number of sulfonamides is 1. The summed E-state index contributed by atoms with van der Waals surface area (Å²) in [5, 5.41) is 2.64. The van der Waals surface area contributed by atoms with Gasteiger partial charge in [0.05, 0.1) is 25.6 Å². The molecular formula is C16H24N2O5S. The molecule has 1 aromatic carbocycles. The minimum absolute atomic E-state index is 0.0841. The first-order chi connectivity index (χ1) is 11.6. The highest BCUT2D eigenvalue weighted by Crippen LogP contribution is 2.09. The number of para-hydroxylation sites is 1. The van der Waals surface area contributed by atoms with E-state index < -0.39 is 10.0 Å². The average molecular weight is 356 g/mol. The van der Waals surface area contributed by atoms with Gasteiger partial charge in [-0.15, -0.1) is 0 Å². The fraction of sp³-hybridized carbons (Fsp3) is 0.562. The molecule has 1 heterocycles. The van der Waals surface area contributed by atoms with Crippen molar-refractivity contribution >= 4 is 15.9 Å². The van der Waals surface area contributed by atoms with Crippen LogP contribution in [0, 0.1) is 0 Å². The lowest BCUT2D eigenvalue weighted by Gasteiger charge is -2.26. The molecule has 1 N–H and O–H groups in total. The van der Waals surface area contributed by atoms with Crippen LogP contribution in [0.4, 0.5) is 0 Å². The molecule has 1 fully saturated rings. The van der Waals surface area contributed by atoms with E-state index in [1.54, 1.807) is 0 Å². The molecule has 134 valence electrons. The van der Waals surface area contributed by atoms with Crippen LogP contribution in [0.15, 0.2) is 30.3 Å². The molecule has 1 aromatic rings. The van der Waals surface area contributed by atoms with Gasteiger partial charge in [-0.3, -0.25) is 4.79 Å². The van der Waals surface area contributed by atoms with Gasteiger partial charge in [0.2, 0.25) is 15.9 Å². The van der Waals surface area contributed by atoms with Gasteiger partial charge in [-0.25, -0.2) is 8.42 Å². The summed E-state index contributed by atoms with van der Waals surface area (Å²) in [4.78, 5) is 11.7. The van der Waals surface area contributed by atoms with Crippen molar-refractivity contribution in [2.75, 3.05) is 45.2 Å². The fourth-order valence-electron chi connectivity index (χ4n) is 2.30. The Balaban J connectivity index is 1.57. The molecule has 0 bridgehead atoms. The number of hydrogen-bond acceptors (Lipinski definition) is 5. The van der Waals surface area contributed by atoms with Gasteiger partial charge in [0.15, 0.2) is 0 Å². The second-order valence-corrected chi connectivity index (χ2v) is 7.53. The van der Waals surface area contributed by atoms with Crippen LogP contribution in [-0.4, -0.2) is 63.8 Å². The van der Waals surface area contributed by atoms with Crippen molar-refractivity contribution in [1.29, 1.82) is 0 Å². The highest BCUT2D eigenvalue weighted by atomic mass is 32.2. The van der Waals surface area contributed by atoms with Gasteiger partial charge in [0.25, 0.3) is 0 Å². The van der Waals surface area contributed by atoms with Crippen LogP contribution in [-0.2, 0) is 19.6 Å². The predicted octanol–water partition coefficient (Wildman–Crippen LogP) is 0.624. The van der Waals surface area contributed by atoms with Crippen LogP contribution in [0.3, 0.4) is 0 Å². The van der Waals surface area contributed by atoms with Gasteiger partial charge in [-0.1, -0.05) is 18.2 Å². The molecule has 1 amide bonds. The van der Waals surface area contributed by atoms with Gasteiger partial charge in [-0.2, -0.15) is 4.31 Å². The molecule has 2 rings (SSSR count). The molecule has 0 unspecified atom stereocenters. The zero-order chi connectivity index (χ0) is 17.3. The van der Waals surface area contributed by atoms with Crippen molar-refractivity contribution in [2.45, 2.75) is 12.8 Å². The van der Waals surface area contributed by atoms with E-state index in [0.29, 0.717) is 45.8 Å². The molecule has 7 nitrogen and oxygen atoms in total. The third-order valence-electron chi connectivity index (χ3n) is 3.61. The lowest BCUT2D eigenvalue weighted by Crippen LogP contribution is -2.43. The number of amides is 1. The second-order valence-electron chi connectivity index (χ2n) is 5.44. The lowest BCUT2D eigenvalue weighted by molar-refractivity contribution is -0.121. The van der Waals surface area contributed by atoms with E-state index in [4.69, 9.17) is 9.47 Å². The summed E-state index contributed by atoms with van der Waals surface area (Å²) >= 11 is 0. The van der Waals surface area contributed by atoms with Crippen LogP contribution >= 0.6 is 0 Å². The number of carbonyl (C=O) groups is 1. The maximum atomic E-state index is 12.1. The first kappa shape index (κ1) is 18.7. The topological polar surface area (TPSA) is 84.9 Å². The minimum atomic E-state index is -3.33. The zero-order valence-electron chi connectivity index (χ0n) is 13.6. The van der Waals surface area contributed by atoms with E-state index in [1.165, 1.54) is 4.31 Å². The third-order valence-corrected chi connectivity index (χ3v) is 5.48. The van der Waals surface area contributed by atoms with Crippen LogP contribution in [0.1, 0.15) is 12.8 Å². The Morgan fingerprint density at radius 1 is 1.21 bits per heavy atom. The summed E-state index contributed by atoms with van der Waals surface area (Å²) in [5.41, 5.74) is 0. The van der Waals surface area contributed by atoms with Gasteiger partial charge in [0.1, 0.15) is 5.75 Å². The second kappa shape index (κ2) is 9.61. The molecule has 8 heteroatoms. The molecule has 0 atom stereocenters. The third kappa shape index (κ3) is 6.46. The molecule has 0 spiro atoms. The molecule has 0 saturated carbocycles. The van der Waals surface area contributed by atoms with Crippen LogP contribution < -0.4 is 10.1 Å². The maximum Gasteiger partial charge on any atom is 0.220 e. The van der Waals surface area contributed by atoms with E-state index in [2.05, 4.69) is 5.32 Å². The molecule has 1 aliphatic rings. The summed E-state index contributed by atoms with van der Waals surface area (Å²) in [6, 6.07) is 9.40. The minimum Gasteiger partial charge on any atom is -0.494 e. The van der Waals surface area contributed by atoms with E-state index in [1.807, 2.05) is 30.3 Å². The highest BCUT2D eigenvalue weighted by molar-refractivity contribution is 7.89. The van der Waals surface area contributed by atoms with Crippen molar-refractivity contribution in [3.05, 3.63) is 30.3 Å². The molecular weight excluding hydrogens is 332 g/mol. The largest absolute Gasteiger partial charge is 0.494 e. The standard InChI is InChI=1S/C16H24N2O5S/c19-16(7-4-11-23-15-5-2-1-3-6-15)17-8-14-24(20,21)18-9-12-22-13-10-18/h1-3,5-6H,4,7-14H2,(H,17,19). The maximum absolute atomic E-state index is 12.1. The number of ether oxygens (including phenoxy) is 2. The van der Waals surface area contributed by atoms with Crippen molar-refractivity contribution in [3.8, 4) is 5.75 Å². The number of carbonyl (C=O) groups excluding carboxylic acids is 1. The average Bonchev–Trinajstić information content (AvgIpc) is 2.60. The van der Waals surface area contributed by atoms with Crippen LogP contribution in [0.5, 0.6) is 5.75 Å². The quantitative estimate of drug-likeness (QED) is 0.656. The number of nitrogens with zero attached hydrogens (tertiary/aromatic N) is 1. The Bertz CT molecular complexity index is 600. The van der Waals surface area contributed by atoms with Gasteiger partial charge >= 0.3 is 0 Å². The van der Waals surface area contributed by atoms with Gasteiger partial charge in [0, 0.05) is 26.1 Å². The molecule has 1 saturated heterocycles. The van der Waals surface area contributed by atoms with E-state index >= 15 is 0 Å². The number of benzene rings is 1. The van der Waals surface area contributed by atoms with Crippen LogP contribution in [0.25, 0.3) is 0 Å². The fourth-order valence-corrected chi connectivity index (χ4v) is 3.62. The molecule has 24 heavy (non-hydrogen) atoms.